The van der Waals surface area contributed by atoms with E-state index in [0.717, 1.165) is 23.2 Å². The molecule has 1 aliphatic rings. The van der Waals surface area contributed by atoms with Crippen LogP contribution in [0.1, 0.15) is 36.1 Å². The zero-order valence-corrected chi connectivity index (χ0v) is 21.6. The van der Waals surface area contributed by atoms with E-state index in [0.29, 0.717) is 23.7 Å². The molecule has 0 aromatic heterocycles. The van der Waals surface area contributed by atoms with Gasteiger partial charge in [-0.1, -0.05) is 43.3 Å². The minimum atomic E-state index is -0.751. The summed E-state index contributed by atoms with van der Waals surface area (Å²) in [7, 11) is 5.48. The lowest BCUT2D eigenvalue weighted by molar-refractivity contribution is -0.140. The Kier molecular flexibility index (Phi) is 7.82. The molecule has 0 spiro atoms. The van der Waals surface area contributed by atoms with Crippen LogP contribution in [0, 0.1) is 0 Å². The third-order valence-electron chi connectivity index (χ3n) is 6.36. The number of rotatable bonds is 9. The summed E-state index contributed by atoms with van der Waals surface area (Å²) >= 11 is 0. The van der Waals surface area contributed by atoms with Crippen LogP contribution < -0.4 is 14.4 Å². The summed E-state index contributed by atoms with van der Waals surface area (Å²) in [5.74, 6) is -0.304. The Hall–Kier alpha value is -4.26. The number of carbonyl (C=O) groups is 2. The maximum Gasteiger partial charge on any atom is 0.295 e. The van der Waals surface area contributed by atoms with Crippen molar-refractivity contribution in [2.24, 2.45) is 0 Å². The largest absolute Gasteiger partial charge is 0.507 e. The molecule has 37 heavy (non-hydrogen) atoms. The zero-order valence-electron chi connectivity index (χ0n) is 21.6. The second-order valence-electron chi connectivity index (χ2n) is 9.14. The first-order valence-electron chi connectivity index (χ1n) is 12.3. The molecule has 1 amide bonds. The van der Waals surface area contributed by atoms with Crippen molar-refractivity contribution in [3.8, 4) is 11.5 Å². The fourth-order valence-electron chi connectivity index (χ4n) is 4.38. The molecule has 1 heterocycles. The first-order valence-corrected chi connectivity index (χ1v) is 12.3. The van der Waals surface area contributed by atoms with E-state index in [-0.39, 0.29) is 17.9 Å². The van der Waals surface area contributed by atoms with Crippen LogP contribution in [-0.2, 0) is 16.1 Å². The molecular formula is C30H32N2O5. The zero-order chi connectivity index (χ0) is 26.5. The number of aliphatic hydroxyl groups is 1. The van der Waals surface area contributed by atoms with E-state index in [1.165, 1.54) is 4.90 Å². The lowest BCUT2D eigenvalue weighted by atomic mass is 9.95. The van der Waals surface area contributed by atoms with Crippen LogP contribution in [0.5, 0.6) is 11.5 Å². The molecule has 0 saturated carbocycles. The number of aliphatic hydroxyl groups excluding tert-OH is 1. The van der Waals surface area contributed by atoms with E-state index in [4.69, 9.17) is 9.47 Å². The van der Waals surface area contributed by atoms with Crippen LogP contribution in [0.2, 0.25) is 0 Å². The Bertz CT molecular complexity index is 1300. The highest BCUT2D eigenvalue weighted by molar-refractivity contribution is 6.46. The van der Waals surface area contributed by atoms with Gasteiger partial charge in [0.25, 0.3) is 11.7 Å². The van der Waals surface area contributed by atoms with Gasteiger partial charge in [0, 0.05) is 31.9 Å². The van der Waals surface area contributed by atoms with E-state index < -0.39 is 17.7 Å². The summed E-state index contributed by atoms with van der Waals surface area (Å²) in [5, 5.41) is 11.4. The van der Waals surface area contributed by atoms with Gasteiger partial charge in [-0.3, -0.25) is 9.59 Å². The quantitative estimate of drug-likeness (QED) is 0.248. The van der Waals surface area contributed by atoms with E-state index >= 15 is 0 Å². The van der Waals surface area contributed by atoms with Gasteiger partial charge in [-0.05, 0) is 53.9 Å². The maximum absolute atomic E-state index is 13.4. The van der Waals surface area contributed by atoms with Crippen molar-refractivity contribution >= 4 is 23.1 Å². The number of hydrogen-bond acceptors (Lipinski definition) is 6. The number of anilines is 1. The van der Waals surface area contributed by atoms with Crippen LogP contribution >= 0.6 is 0 Å². The summed E-state index contributed by atoms with van der Waals surface area (Å²) in [5.41, 5.74) is 3.04. The first kappa shape index (κ1) is 25.8. The van der Waals surface area contributed by atoms with Crippen molar-refractivity contribution in [1.82, 2.24) is 4.90 Å². The fourth-order valence-corrected chi connectivity index (χ4v) is 4.38. The number of benzene rings is 3. The smallest absolute Gasteiger partial charge is 0.295 e. The molecule has 1 unspecified atom stereocenters. The lowest BCUT2D eigenvalue weighted by Gasteiger charge is -2.26. The lowest BCUT2D eigenvalue weighted by Crippen LogP contribution is -2.29. The number of carbonyl (C=O) groups excluding carboxylic acids is 2. The molecule has 3 aromatic carbocycles. The molecule has 0 radical (unpaired) electrons. The summed E-state index contributed by atoms with van der Waals surface area (Å²) in [6.45, 7) is 2.75. The summed E-state index contributed by atoms with van der Waals surface area (Å²) in [6, 6.07) is 21.2. The molecule has 1 N–H and O–H groups in total. The predicted octanol–water partition coefficient (Wildman–Crippen LogP) is 5.17. The number of methoxy groups -OCH3 is 1. The Labute approximate surface area is 217 Å². The number of nitrogens with zero attached hydrogens (tertiary/aromatic N) is 2. The van der Waals surface area contributed by atoms with Crippen LogP contribution in [0.3, 0.4) is 0 Å². The van der Waals surface area contributed by atoms with Gasteiger partial charge in [0.15, 0.2) is 0 Å². The fraction of sp³-hybridized carbons (Fsp3) is 0.267. The second-order valence-corrected chi connectivity index (χ2v) is 9.14. The van der Waals surface area contributed by atoms with Crippen molar-refractivity contribution in [1.29, 1.82) is 0 Å². The topological polar surface area (TPSA) is 79.3 Å². The van der Waals surface area contributed by atoms with Crippen molar-refractivity contribution in [2.75, 3.05) is 32.7 Å². The van der Waals surface area contributed by atoms with E-state index in [9.17, 15) is 14.7 Å². The molecule has 1 atom stereocenters. The molecule has 1 fully saturated rings. The Balaban J connectivity index is 1.80. The Morgan fingerprint density at radius 1 is 0.973 bits per heavy atom. The van der Waals surface area contributed by atoms with Gasteiger partial charge in [-0.15, -0.1) is 0 Å². The second kappa shape index (κ2) is 11.2. The minimum absolute atomic E-state index is 0.0590. The van der Waals surface area contributed by atoms with Gasteiger partial charge in [0.05, 0.1) is 25.3 Å². The molecular weight excluding hydrogens is 468 g/mol. The number of amides is 1. The van der Waals surface area contributed by atoms with Crippen molar-refractivity contribution < 1.29 is 24.2 Å². The van der Waals surface area contributed by atoms with E-state index in [1.54, 1.807) is 31.4 Å². The van der Waals surface area contributed by atoms with Crippen molar-refractivity contribution in [2.45, 2.75) is 25.9 Å². The molecule has 7 nitrogen and oxygen atoms in total. The molecule has 3 aromatic rings. The average Bonchev–Trinajstić information content (AvgIpc) is 3.17. The minimum Gasteiger partial charge on any atom is -0.507 e. The third-order valence-corrected chi connectivity index (χ3v) is 6.36. The van der Waals surface area contributed by atoms with Crippen LogP contribution in [0.25, 0.3) is 5.76 Å². The molecule has 0 aliphatic carbocycles. The summed E-state index contributed by atoms with van der Waals surface area (Å²) in [4.78, 5) is 30.2. The van der Waals surface area contributed by atoms with Crippen molar-refractivity contribution in [3.05, 3.63) is 95.1 Å². The van der Waals surface area contributed by atoms with Gasteiger partial charge < -0.3 is 24.4 Å². The molecule has 0 bridgehead atoms. The van der Waals surface area contributed by atoms with Crippen LogP contribution in [0.15, 0.2) is 78.4 Å². The van der Waals surface area contributed by atoms with E-state index in [2.05, 4.69) is 0 Å². The molecule has 7 heteroatoms. The number of ketones is 1. The van der Waals surface area contributed by atoms with E-state index in [1.807, 2.05) is 74.4 Å². The van der Waals surface area contributed by atoms with Crippen LogP contribution in [-0.4, -0.2) is 49.5 Å². The number of Topliss-reactive ketones (excluding diaryl/α,β-unsaturated/α-hetero) is 1. The van der Waals surface area contributed by atoms with Gasteiger partial charge in [0.1, 0.15) is 17.3 Å². The van der Waals surface area contributed by atoms with Crippen molar-refractivity contribution in [3.63, 3.8) is 0 Å². The third kappa shape index (κ3) is 5.45. The average molecular weight is 501 g/mol. The van der Waals surface area contributed by atoms with Gasteiger partial charge in [-0.2, -0.15) is 0 Å². The maximum atomic E-state index is 13.4. The normalized spacial score (nSPS) is 16.6. The van der Waals surface area contributed by atoms with Gasteiger partial charge >= 0.3 is 0 Å². The SMILES string of the molecule is CCCOc1cccc(/C(O)=C2/C(=O)C(=O)N(Cc3ccc(OC)cc3)C2c2ccc(N(C)C)cc2)c1. The van der Waals surface area contributed by atoms with Crippen LogP contribution in [0.4, 0.5) is 5.69 Å². The molecule has 4 rings (SSSR count). The number of likely N-dealkylation sites (tertiary alicyclic amines) is 1. The summed E-state index contributed by atoms with van der Waals surface area (Å²) < 4.78 is 11.0. The first-order chi connectivity index (χ1) is 17.8. The standard InChI is InChI=1S/C30H32N2O5/c1-5-17-37-25-8-6-7-22(18-25)28(33)26-27(21-11-13-23(14-12-21)31(2)3)32(30(35)29(26)34)19-20-9-15-24(36-4)16-10-20/h6-16,18,27,33H,5,17,19H2,1-4H3/b28-26-. The van der Waals surface area contributed by atoms with Gasteiger partial charge in [-0.25, -0.2) is 0 Å². The molecule has 192 valence electrons. The predicted molar refractivity (Wildman–Crippen MR) is 144 cm³/mol. The highest BCUT2D eigenvalue weighted by Gasteiger charge is 2.46. The highest BCUT2D eigenvalue weighted by Crippen LogP contribution is 2.41. The number of hydrogen-bond donors (Lipinski definition) is 1. The van der Waals surface area contributed by atoms with Gasteiger partial charge in [0.2, 0.25) is 0 Å². The molecule has 1 aliphatic heterocycles. The molecule has 1 saturated heterocycles. The summed E-state index contributed by atoms with van der Waals surface area (Å²) in [6.07, 6.45) is 0.843. The Morgan fingerprint density at radius 3 is 2.30 bits per heavy atom. The monoisotopic (exact) mass is 500 g/mol. The Morgan fingerprint density at radius 2 is 1.68 bits per heavy atom. The highest BCUT2D eigenvalue weighted by atomic mass is 16.5. The number of ether oxygens (including phenoxy) is 2.